The van der Waals surface area contributed by atoms with Crippen molar-refractivity contribution in [1.29, 1.82) is 0 Å². The van der Waals surface area contributed by atoms with Crippen LogP contribution in [-0.2, 0) is 19.1 Å². The van der Waals surface area contributed by atoms with Crippen LogP contribution in [0, 0.1) is 13.8 Å². The van der Waals surface area contributed by atoms with Crippen LogP contribution in [0.15, 0.2) is 39.9 Å². The largest absolute Gasteiger partial charge is 0.490 e. The molecule has 0 spiro atoms. The SMILES string of the molecule is CCOC(=O)COc1c(Br)cc(C=NNC(=O)CC(=O)Nc2ccc(C)cc2C)cc1OCC. The van der Waals surface area contributed by atoms with Crippen molar-refractivity contribution >= 4 is 45.6 Å². The summed E-state index contributed by atoms with van der Waals surface area (Å²) in [6, 6.07) is 8.96. The number of halogens is 1. The summed E-state index contributed by atoms with van der Waals surface area (Å²) in [7, 11) is 0. The highest BCUT2D eigenvalue weighted by molar-refractivity contribution is 9.10. The average Bonchev–Trinajstić information content (AvgIpc) is 2.75. The highest BCUT2D eigenvalue weighted by Gasteiger charge is 2.14. The van der Waals surface area contributed by atoms with Gasteiger partial charge in [-0.15, -0.1) is 0 Å². The van der Waals surface area contributed by atoms with E-state index in [0.29, 0.717) is 33.8 Å². The van der Waals surface area contributed by atoms with Gasteiger partial charge in [0.25, 0.3) is 0 Å². The minimum atomic E-state index is -0.558. The third-order valence-corrected chi connectivity index (χ3v) is 4.94. The number of carbonyl (C=O) groups excluding carboxylic acids is 3. The van der Waals surface area contributed by atoms with E-state index >= 15 is 0 Å². The normalized spacial score (nSPS) is 10.6. The molecule has 0 saturated carbocycles. The van der Waals surface area contributed by atoms with Gasteiger partial charge >= 0.3 is 5.97 Å². The number of nitrogens with zero attached hydrogens (tertiary/aromatic N) is 1. The summed E-state index contributed by atoms with van der Waals surface area (Å²) in [6.45, 7) is 7.74. The first-order valence-corrected chi connectivity index (χ1v) is 11.5. The molecule has 0 aliphatic carbocycles. The molecule has 10 heteroatoms. The first kappa shape index (κ1) is 26.8. The highest BCUT2D eigenvalue weighted by atomic mass is 79.9. The molecule has 0 aliphatic rings. The molecule has 0 radical (unpaired) electrons. The molecule has 2 rings (SSSR count). The van der Waals surface area contributed by atoms with Crippen LogP contribution in [0.4, 0.5) is 5.69 Å². The lowest BCUT2D eigenvalue weighted by Crippen LogP contribution is -2.24. The molecule has 9 nitrogen and oxygen atoms in total. The predicted octanol–water partition coefficient (Wildman–Crippen LogP) is 3.89. The van der Waals surface area contributed by atoms with Gasteiger partial charge in [-0.2, -0.15) is 5.10 Å². The van der Waals surface area contributed by atoms with E-state index in [0.717, 1.165) is 11.1 Å². The van der Waals surface area contributed by atoms with Gasteiger partial charge in [0.1, 0.15) is 6.42 Å². The van der Waals surface area contributed by atoms with Gasteiger partial charge in [-0.3, -0.25) is 9.59 Å². The second-order valence-corrected chi connectivity index (χ2v) is 8.05. The molecule has 0 aliphatic heterocycles. The van der Waals surface area contributed by atoms with Crippen LogP contribution in [0.2, 0.25) is 0 Å². The fourth-order valence-electron chi connectivity index (χ4n) is 2.91. The van der Waals surface area contributed by atoms with Crippen LogP contribution in [0.3, 0.4) is 0 Å². The molecule has 2 aromatic carbocycles. The molecule has 0 bridgehead atoms. The third kappa shape index (κ3) is 8.51. The van der Waals surface area contributed by atoms with E-state index in [1.54, 1.807) is 25.1 Å². The van der Waals surface area contributed by atoms with E-state index in [-0.39, 0.29) is 19.6 Å². The van der Waals surface area contributed by atoms with Gasteiger partial charge in [0, 0.05) is 5.69 Å². The molecule has 182 valence electrons. The maximum absolute atomic E-state index is 12.1. The minimum Gasteiger partial charge on any atom is -0.490 e. The summed E-state index contributed by atoms with van der Waals surface area (Å²) in [5, 5.41) is 6.62. The number of carbonyl (C=O) groups is 3. The second kappa shape index (κ2) is 13.3. The molecule has 2 N–H and O–H groups in total. The molecule has 0 saturated heterocycles. The highest BCUT2D eigenvalue weighted by Crippen LogP contribution is 2.36. The Kier molecular flexibility index (Phi) is 10.5. The topological polar surface area (TPSA) is 115 Å². The smallest absolute Gasteiger partial charge is 0.344 e. The van der Waals surface area contributed by atoms with Gasteiger partial charge in [0.2, 0.25) is 11.8 Å². The van der Waals surface area contributed by atoms with Gasteiger partial charge < -0.3 is 19.5 Å². The lowest BCUT2D eigenvalue weighted by molar-refractivity contribution is -0.145. The first-order valence-electron chi connectivity index (χ1n) is 10.7. The summed E-state index contributed by atoms with van der Waals surface area (Å²) in [5.74, 6) is -0.756. The van der Waals surface area contributed by atoms with Crippen molar-refractivity contribution < 1.29 is 28.6 Å². The van der Waals surface area contributed by atoms with E-state index in [9.17, 15) is 14.4 Å². The lowest BCUT2D eigenvalue weighted by atomic mass is 10.1. The number of hydrogen-bond donors (Lipinski definition) is 2. The van der Waals surface area contributed by atoms with Crippen LogP contribution < -0.4 is 20.2 Å². The predicted molar refractivity (Wildman–Crippen MR) is 132 cm³/mol. The summed E-state index contributed by atoms with van der Waals surface area (Å²) >= 11 is 3.39. The number of esters is 1. The van der Waals surface area contributed by atoms with E-state index in [1.165, 1.54) is 6.21 Å². The zero-order chi connectivity index (χ0) is 25.1. The Bertz CT molecular complexity index is 1070. The van der Waals surface area contributed by atoms with Crippen LogP contribution >= 0.6 is 15.9 Å². The number of ether oxygens (including phenoxy) is 3. The van der Waals surface area contributed by atoms with Gasteiger partial charge in [-0.25, -0.2) is 10.2 Å². The molecule has 0 fully saturated rings. The molecule has 34 heavy (non-hydrogen) atoms. The van der Waals surface area contributed by atoms with Crippen molar-refractivity contribution in [3.63, 3.8) is 0 Å². The number of benzene rings is 2. The fourth-order valence-corrected chi connectivity index (χ4v) is 3.49. The molecule has 0 aromatic heterocycles. The van der Waals surface area contributed by atoms with Gasteiger partial charge in [-0.1, -0.05) is 17.7 Å². The van der Waals surface area contributed by atoms with E-state index < -0.39 is 17.8 Å². The molecular weight excluding hydrogens is 506 g/mol. The number of aryl methyl sites for hydroxylation is 2. The average molecular weight is 534 g/mol. The van der Waals surface area contributed by atoms with Crippen LogP contribution in [0.25, 0.3) is 0 Å². The number of nitrogens with one attached hydrogen (secondary N) is 2. The summed E-state index contributed by atoms with van der Waals surface area (Å²) in [4.78, 5) is 35.8. The van der Waals surface area contributed by atoms with E-state index in [2.05, 4.69) is 31.8 Å². The molecule has 0 atom stereocenters. The van der Waals surface area contributed by atoms with Gasteiger partial charge in [0.05, 0.1) is 23.9 Å². The minimum absolute atomic E-state index is 0.260. The van der Waals surface area contributed by atoms with Crippen molar-refractivity contribution in [1.82, 2.24) is 5.43 Å². The number of amides is 2. The molecule has 2 amide bonds. The van der Waals surface area contributed by atoms with Crippen LogP contribution in [0.1, 0.15) is 37.0 Å². The van der Waals surface area contributed by atoms with Crippen molar-refractivity contribution in [2.75, 3.05) is 25.1 Å². The molecule has 2 aromatic rings. The number of hydrogen-bond acceptors (Lipinski definition) is 7. The van der Waals surface area contributed by atoms with Crippen LogP contribution in [-0.4, -0.2) is 43.8 Å². The Morgan fingerprint density at radius 3 is 2.47 bits per heavy atom. The summed E-state index contributed by atoms with van der Waals surface area (Å²) < 4.78 is 16.5. The van der Waals surface area contributed by atoms with Crippen molar-refractivity contribution in [2.45, 2.75) is 34.1 Å². The first-order chi connectivity index (χ1) is 16.2. The third-order valence-electron chi connectivity index (χ3n) is 4.35. The van der Waals surface area contributed by atoms with Crippen molar-refractivity contribution in [3.8, 4) is 11.5 Å². The fraction of sp³-hybridized carbons (Fsp3) is 0.333. The monoisotopic (exact) mass is 533 g/mol. The quantitative estimate of drug-likeness (QED) is 0.196. The van der Waals surface area contributed by atoms with Crippen LogP contribution in [0.5, 0.6) is 11.5 Å². The summed E-state index contributed by atoms with van der Waals surface area (Å²) in [6.07, 6.45) is 1.03. The van der Waals surface area contributed by atoms with Gasteiger partial charge in [0.15, 0.2) is 18.1 Å². The maximum Gasteiger partial charge on any atom is 0.344 e. The van der Waals surface area contributed by atoms with Gasteiger partial charge in [-0.05, 0) is 73.0 Å². The Labute approximate surface area is 207 Å². The number of anilines is 1. The Balaban J connectivity index is 1.97. The molecular formula is C24H28BrN3O6. The second-order valence-electron chi connectivity index (χ2n) is 7.19. The molecule has 0 unspecified atom stereocenters. The molecule has 0 heterocycles. The zero-order valence-corrected chi connectivity index (χ0v) is 21.2. The number of hydrazone groups is 1. The van der Waals surface area contributed by atoms with Crippen molar-refractivity contribution in [3.05, 3.63) is 51.5 Å². The summed E-state index contributed by atoms with van der Waals surface area (Å²) in [5.41, 5.74) is 5.58. The van der Waals surface area contributed by atoms with E-state index in [4.69, 9.17) is 14.2 Å². The Morgan fingerprint density at radius 2 is 1.79 bits per heavy atom. The maximum atomic E-state index is 12.1. The lowest BCUT2D eigenvalue weighted by Gasteiger charge is -2.14. The Morgan fingerprint density at radius 1 is 1.03 bits per heavy atom. The Hall–Kier alpha value is -3.40. The van der Waals surface area contributed by atoms with Crippen molar-refractivity contribution in [2.24, 2.45) is 5.10 Å². The van der Waals surface area contributed by atoms with E-state index in [1.807, 2.05) is 32.9 Å². The standard InChI is InChI=1S/C24H28BrN3O6/c1-5-32-20-11-17(10-18(25)24(20)34-14-23(31)33-6-2)13-26-28-22(30)12-21(29)27-19-8-7-15(3)9-16(19)4/h7-11,13H,5-6,12,14H2,1-4H3,(H,27,29)(H,28,30). The zero-order valence-electron chi connectivity index (χ0n) is 19.6. The number of rotatable bonds is 11.